The average Bonchev–Trinajstić information content (AvgIpc) is 2.59. The Morgan fingerprint density at radius 1 is 1.15 bits per heavy atom. The topological polar surface area (TPSA) is 96.9 Å². The molecule has 0 bridgehead atoms. The summed E-state index contributed by atoms with van der Waals surface area (Å²) in [6, 6.07) is 10.8. The third kappa shape index (κ3) is 5.38. The highest BCUT2D eigenvalue weighted by molar-refractivity contribution is 7.89. The van der Waals surface area contributed by atoms with Crippen LogP contribution >= 0.6 is 0 Å². The predicted molar refractivity (Wildman–Crippen MR) is 105 cm³/mol. The quantitative estimate of drug-likeness (QED) is 0.559. The van der Waals surface area contributed by atoms with E-state index >= 15 is 0 Å². The zero-order valence-corrected chi connectivity index (χ0v) is 16.6. The molecule has 27 heavy (non-hydrogen) atoms. The van der Waals surface area contributed by atoms with Gasteiger partial charge in [-0.25, -0.2) is 18.6 Å². The second-order valence-corrected chi connectivity index (χ2v) is 7.79. The number of aryl methyl sites for hydroxylation is 3. The van der Waals surface area contributed by atoms with Gasteiger partial charge in [0.15, 0.2) is 0 Å². The first-order valence-electron chi connectivity index (χ1n) is 8.27. The van der Waals surface area contributed by atoms with Crippen LogP contribution in [0.3, 0.4) is 0 Å². The molecule has 0 unspecified atom stereocenters. The van der Waals surface area contributed by atoms with Gasteiger partial charge >= 0.3 is 0 Å². The molecule has 2 aromatic carbocycles. The van der Waals surface area contributed by atoms with Crippen molar-refractivity contribution < 1.29 is 17.9 Å². The molecule has 2 N–H and O–H groups in total. The molecule has 0 radical (unpaired) electrons. The van der Waals surface area contributed by atoms with Gasteiger partial charge in [0.05, 0.1) is 24.8 Å². The number of hydrazone groups is 1. The Morgan fingerprint density at radius 2 is 1.78 bits per heavy atom. The minimum atomic E-state index is -3.80. The van der Waals surface area contributed by atoms with E-state index in [1.807, 2.05) is 19.1 Å². The van der Waals surface area contributed by atoms with Crippen LogP contribution in [0.2, 0.25) is 0 Å². The Kier molecular flexibility index (Phi) is 6.70. The van der Waals surface area contributed by atoms with E-state index in [0.717, 1.165) is 5.56 Å². The third-order valence-corrected chi connectivity index (χ3v) is 5.53. The maximum atomic E-state index is 12.5. The van der Waals surface area contributed by atoms with Crippen molar-refractivity contribution in [3.05, 3.63) is 58.7 Å². The summed E-state index contributed by atoms with van der Waals surface area (Å²) in [4.78, 5) is 12.1. The zero-order valence-electron chi connectivity index (χ0n) is 15.7. The molecule has 0 aliphatic carbocycles. The van der Waals surface area contributed by atoms with Crippen molar-refractivity contribution in [3.8, 4) is 5.75 Å². The van der Waals surface area contributed by atoms with E-state index in [2.05, 4.69) is 15.2 Å². The lowest BCUT2D eigenvalue weighted by atomic mass is 10.1. The summed E-state index contributed by atoms with van der Waals surface area (Å²) in [6.45, 7) is 4.94. The van der Waals surface area contributed by atoms with E-state index in [0.29, 0.717) is 22.4 Å². The zero-order chi connectivity index (χ0) is 20.0. The number of amides is 1. The maximum Gasteiger partial charge on any atom is 0.255 e. The highest BCUT2D eigenvalue weighted by Gasteiger charge is 2.20. The van der Waals surface area contributed by atoms with Gasteiger partial charge in [0, 0.05) is 5.56 Å². The summed E-state index contributed by atoms with van der Waals surface area (Å²) in [5.74, 6) is 0.0358. The molecule has 144 valence electrons. The van der Waals surface area contributed by atoms with Crippen LogP contribution in [0.15, 0.2) is 46.4 Å². The fourth-order valence-electron chi connectivity index (χ4n) is 2.81. The summed E-state index contributed by atoms with van der Waals surface area (Å²) >= 11 is 0. The molecule has 2 aromatic rings. The van der Waals surface area contributed by atoms with Crippen LogP contribution in [-0.4, -0.2) is 34.2 Å². The normalized spacial score (nSPS) is 11.6. The summed E-state index contributed by atoms with van der Waals surface area (Å²) in [6.07, 6.45) is 1.43. The summed E-state index contributed by atoms with van der Waals surface area (Å²) < 4.78 is 32.5. The average molecular weight is 389 g/mol. The molecule has 2 rings (SSSR count). The van der Waals surface area contributed by atoms with Crippen LogP contribution in [0.25, 0.3) is 0 Å². The lowest BCUT2D eigenvalue weighted by Crippen LogP contribution is -2.35. The Morgan fingerprint density at radius 3 is 2.41 bits per heavy atom. The van der Waals surface area contributed by atoms with Gasteiger partial charge < -0.3 is 4.74 Å². The number of rotatable bonds is 7. The molecular formula is C19H23N3O4S. The number of hydrogen-bond acceptors (Lipinski definition) is 5. The lowest BCUT2D eigenvalue weighted by molar-refractivity contribution is -0.119. The molecule has 0 atom stereocenters. The number of sulfonamides is 1. The Hall–Kier alpha value is -2.71. The first kappa shape index (κ1) is 20.6. The van der Waals surface area contributed by atoms with Crippen LogP contribution in [0, 0.1) is 20.8 Å². The summed E-state index contributed by atoms with van der Waals surface area (Å²) in [5.41, 5.74) is 5.23. The second kappa shape index (κ2) is 8.79. The van der Waals surface area contributed by atoms with Crippen molar-refractivity contribution >= 4 is 22.1 Å². The second-order valence-electron chi connectivity index (χ2n) is 6.09. The van der Waals surface area contributed by atoms with Crippen LogP contribution in [0.1, 0.15) is 22.3 Å². The molecule has 0 aliphatic rings. The molecule has 1 amide bonds. The number of ether oxygens (including phenoxy) is 1. The summed E-state index contributed by atoms with van der Waals surface area (Å²) in [7, 11) is -2.27. The van der Waals surface area contributed by atoms with Crippen LogP contribution < -0.4 is 14.9 Å². The van der Waals surface area contributed by atoms with Gasteiger partial charge in [-0.15, -0.1) is 0 Å². The number of methoxy groups -OCH3 is 1. The molecule has 0 heterocycles. The van der Waals surface area contributed by atoms with E-state index < -0.39 is 22.5 Å². The largest absolute Gasteiger partial charge is 0.496 e. The SMILES string of the molecule is COc1ccccc1/C=N\NC(=O)CNS(=O)(=O)c1c(C)cc(C)cc1C. The van der Waals surface area contributed by atoms with Gasteiger partial charge in [0.2, 0.25) is 10.0 Å². The summed E-state index contributed by atoms with van der Waals surface area (Å²) in [5, 5.41) is 3.83. The number of hydrogen-bond donors (Lipinski definition) is 2. The highest BCUT2D eigenvalue weighted by atomic mass is 32.2. The molecule has 0 aliphatic heterocycles. The van der Waals surface area contributed by atoms with Crippen molar-refractivity contribution in [1.82, 2.24) is 10.1 Å². The van der Waals surface area contributed by atoms with Gasteiger partial charge in [0.1, 0.15) is 5.75 Å². The number of carbonyl (C=O) groups excluding carboxylic acids is 1. The van der Waals surface area contributed by atoms with E-state index in [1.54, 1.807) is 38.1 Å². The number of nitrogens with zero attached hydrogens (tertiary/aromatic N) is 1. The first-order chi connectivity index (χ1) is 12.7. The van der Waals surface area contributed by atoms with Crippen molar-refractivity contribution in [1.29, 1.82) is 0 Å². The van der Waals surface area contributed by atoms with Gasteiger partial charge in [-0.3, -0.25) is 4.79 Å². The van der Waals surface area contributed by atoms with E-state index in [-0.39, 0.29) is 4.90 Å². The van der Waals surface area contributed by atoms with Crippen LogP contribution in [0.5, 0.6) is 5.75 Å². The Labute approximate surface area is 159 Å². The Bertz CT molecular complexity index is 946. The molecular weight excluding hydrogens is 366 g/mol. The van der Waals surface area contributed by atoms with Crippen molar-refractivity contribution in [2.45, 2.75) is 25.7 Å². The third-order valence-electron chi connectivity index (χ3n) is 3.83. The standard InChI is InChI=1S/C19H23N3O4S/c1-13-9-14(2)19(15(3)10-13)27(24,25)21-12-18(23)22-20-11-16-7-5-6-8-17(16)26-4/h5-11,21H,12H2,1-4H3,(H,22,23)/b20-11-. The monoisotopic (exact) mass is 389 g/mol. The Balaban J connectivity index is 2.00. The molecule has 0 aromatic heterocycles. The fourth-order valence-corrected chi connectivity index (χ4v) is 4.24. The van der Waals surface area contributed by atoms with Gasteiger partial charge in [0.25, 0.3) is 5.91 Å². The van der Waals surface area contributed by atoms with Gasteiger partial charge in [-0.05, 0) is 44.0 Å². The minimum absolute atomic E-state index is 0.193. The predicted octanol–water partition coefficient (Wildman–Crippen LogP) is 2.05. The smallest absolute Gasteiger partial charge is 0.255 e. The lowest BCUT2D eigenvalue weighted by Gasteiger charge is -2.12. The molecule has 0 spiro atoms. The fraction of sp³-hybridized carbons (Fsp3) is 0.263. The van der Waals surface area contributed by atoms with Crippen molar-refractivity contribution in [2.75, 3.05) is 13.7 Å². The molecule has 0 saturated carbocycles. The van der Waals surface area contributed by atoms with Gasteiger partial charge in [-0.1, -0.05) is 29.8 Å². The highest BCUT2D eigenvalue weighted by Crippen LogP contribution is 2.21. The van der Waals surface area contributed by atoms with Gasteiger partial charge in [-0.2, -0.15) is 5.10 Å². The first-order valence-corrected chi connectivity index (χ1v) is 9.75. The molecule has 0 fully saturated rings. The number of nitrogens with one attached hydrogen (secondary N) is 2. The van der Waals surface area contributed by atoms with Crippen LogP contribution in [0.4, 0.5) is 0 Å². The molecule has 8 heteroatoms. The number of benzene rings is 2. The number of carbonyl (C=O) groups is 1. The molecule has 0 saturated heterocycles. The van der Waals surface area contributed by atoms with E-state index in [9.17, 15) is 13.2 Å². The van der Waals surface area contributed by atoms with Crippen molar-refractivity contribution in [3.63, 3.8) is 0 Å². The molecule has 7 nitrogen and oxygen atoms in total. The van der Waals surface area contributed by atoms with Crippen molar-refractivity contribution in [2.24, 2.45) is 5.10 Å². The minimum Gasteiger partial charge on any atom is -0.496 e. The maximum absolute atomic E-state index is 12.5. The van der Waals surface area contributed by atoms with E-state index in [4.69, 9.17) is 4.74 Å². The van der Waals surface area contributed by atoms with Crippen LogP contribution in [-0.2, 0) is 14.8 Å². The number of para-hydroxylation sites is 1. The van der Waals surface area contributed by atoms with E-state index in [1.165, 1.54) is 13.3 Å².